The van der Waals surface area contributed by atoms with E-state index in [0.29, 0.717) is 16.8 Å². The molecule has 1 aliphatic rings. The van der Waals surface area contributed by atoms with Gasteiger partial charge < -0.3 is 4.74 Å². The van der Waals surface area contributed by atoms with Crippen molar-refractivity contribution in [2.24, 2.45) is 0 Å². The Kier molecular flexibility index (Phi) is 3.59. The molecule has 4 nitrogen and oxygen atoms in total. The molecule has 0 atom stereocenters. The molecule has 0 N–H and O–H groups in total. The van der Waals surface area contributed by atoms with Crippen LogP contribution in [0.25, 0.3) is 0 Å². The maximum Gasteiger partial charge on any atom is 0.209 e. The van der Waals surface area contributed by atoms with Gasteiger partial charge >= 0.3 is 0 Å². The minimum Gasteiger partial charge on any atom is -0.374 e. The summed E-state index contributed by atoms with van der Waals surface area (Å²) in [6.07, 6.45) is 0. The average molecular weight is 327 g/mol. The zero-order valence-electron chi connectivity index (χ0n) is 11.4. The van der Waals surface area contributed by atoms with Crippen LogP contribution in [-0.4, -0.2) is 26.6 Å². The number of halogens is 1. The van der Waals surface area contributed by atoms with Crippen molar-refractivity contribution >= 4 is 21.2 Å². The molecule has 0 aliphatic carbocycles. The van der Waals surface area contributed by atoms with Gasteiger partial charge in [0.2, 0.25) is 14.2 Å². The van der Waals surface area contributed by atoms with Crippen molar-refractivity contribution in [2.45, 2.75) is 22.7 Å². The summed E-state index contributed by atoms with van der Waals surface area (Å²) in [5.41, 5.74) is 0.415. The monoisotopic (exact) mass is 327 g/mol. The first-order valence-electron chi connectivity index (χ1n) is 6.40. The van der Waals surface area contributed by atoms with Crippen molar-refractivity contribution in [1.82, 2.24) is 4.98 Å². The van der Waals surface area contributed by atoms with Gasteiger partial charge in [-0.15, -0.1) is 11.3 Å². The molecule has 0 saturated carbocycles. The summed E-state index contributed by atoms with van der Waals surface area (Å²) in [4.78, 5) is 4.01. The van der Waals surface area contributed by atoms with Gasteiger partial charge in [-0.1, -0.05) is 24.3 Å². The lowest BCUT2D eigenvalue weighted by Gasteiger charge is -2.34. The molecule has 21 heavy (non-hydrogen) atoms. The maximum absolute atomic E-state index is 14.1. The minimum absolute atomic E-state index is 0.0586. The van der Waals surface area contributed by atoms with Gasteiger partial charge in [0.05, 0.1) is 19.0 Å². The van der Waals surface area contributed by atoms with Gasteiger partial charge in [-0.05, 0) is 18.1 Å². The standard InChI is InChI=1S/C14H14FNO3S2/c1-10-6-20-13(16-10)21(17,18)7-11-2-4-12(5-3-11)14(15)8-19-9-14/h2-6H,7-9H2,1H3. The van der Waals surface area contributed by atoms with Crippen LogP contribution in [0.3, 0.4) is 0 Å². The van der Waals surface area contributed by atoms with Crippen LogP contribution >= 0.6 is 11.3 Å². The molecule has 2 aromatic rings. The predicted molar refractivity (Wildman–Crippen MR) is 77.8 cm³/mol. The molecule has 7 heteroatoms. The van der Waals surface area contributed by atoms with Gasteiger partial charge in [-0.25, -0.2) is 17.8 Å². The van der Waals surface area contributed by atoms with Crippen LogP contribution in [0.5, 0.6) is 0 Å². The van der Waals surface area contributed by atoms with Crippen LogP contribution in [0.2, 0.25) is 0 Å². The van der Waals surface area contributed by atoms with Gasteiger partial charge in [0.25, 0.3) is 0 Å². The number of thiazole rings is 1. The van der Waals surface area contributed by atoms with E-state index in [-0.39, 0.29) is 23.3 Å². The fourth-order valence-corrected chi connectivity index (χ4v) is 4.57. The molecule has 3 rings (SSSR count). The van der Waals surface area contributed by atoms with E-state index in [4.69, 9.17) is 4.74 Å². The van der Waals surface area contributed by atoms with E-state index in [2.05, 4.69) is 4.98 Å². The molecule has 0 bridgehead atoms. The summed E-state index contributed by atoms with van der Waals surface area (Å²) in [6, 6.07) is 6.54. The Morgan fingerprint density at radius 1 is 1.33 bits per heavy atom. The molecular formula is C14H14FNO3S2. The van der Waals surface area contributed by atoms with E-state index in [1.54, 1.807) is 36.6 Å². The molecule has 112 valence electrons. The molecular weight excluding hydrogens is 313 g/mol. The summed E-state index contributed by atoms with van der Waals surface area (Å²) in [7, 11) is -3.44. The highest BCUT2D eigenvalue weighted by Crippen LogP contribution is 2.34. The summed E-state index contributed by atoms with van der Waals surface area (Å²) < 4.78 is 43.6. The lowest BCUT2D eigenvalue weighted by molar-refractivity contribution is -0.135. The van der Waals surface area contributed by atoms with Crippen LogP contribution in [0, 0.1) is 6.92 Å². The Morgan fingerprint density at radius 3 is 2.48 bits per heavy atom. The maximum atomic E-state index is 14.1. The van der Waals surface area contributed by atoms with Crippen molar-refractivity contribution in [3.05, 3.63) is 46.5 Å². The largest absolute Gasteiger partial charge is 0.374 e. The normalized spacial score (nSPS) is 17.4. The summed E-state index contributed by atoms with van der Waals surface area (Å²) in [6.45, 7) is 1.87. The average Bonchev–Trinajstić information content (AvgIpc) is 2.84. The molecule has 0 radical (unpaired) electrons. The zero-order chi connectivity index (χ0) is 15.1. The molecule has 1 aromatic carbocycles. The molecule has 0 spiro atoms. The van der Waals surface area contributed by atoms with Crippen molar-refractivity contribution < 1.29 is 17.5 Å². The first-order valence-corrected chi connectivity index (χ1v) is 8.93. The number of hydrogen-bond acceptors (Lipinski definition) is 5. The van der Waals surface area contributed by atoms with Crippen LogP contribution in [0.15, 0.2) is 34.0 Å². The van der Waals surface area contributed by atoms with Crippen LogP contribution in [0.1, 0.15) is 16.8 Å². The van der Waals surface area contributed by atoms with Crippen LogP contribution < -0.4 is 0 Å². The van der Waals surface area contributed by atoms with Gasteiger partial charge in [0, 0.05) is 11.1 Å². The number of nitrogens with zero attached hydrogens (tertiary/aromatic N) is 1. The summed E-state index contributed by atoms with van der Waals surface area (Å²) in [5.74, 6) is -0.129. The van der Waals surface area contributed by atoms with E-state index in [1.807, 2.05) is 0 Å². The molecule has 1 saturated heterocycles. The number of benzene rings is 1. The topological polar surface area (TPSA) is 56.3 Å². The van der Waals surface area contributed by atoms with Crippen LogP contribution in [0.4, 0.5) is 4.39 Å². The molecule has 2 heterocycles. The SMILES string of the molecule is Cc1csc(S(=O)(=O)Cc2ccc(C3(F)COC3)cc2)n1. The summed E-state index contributed by atoms with van der Waals surface area (Å²) in [5, 5.41) is 1.71. The first kappa shape index (κ1) is 14.6. The Balaban J connectivity index is 1.79. The van der Waals surface area contributed by atoms with Gasteiger partial charge in [0.15, 0.2) is 5.67 Å². The Hall–Kier alpha value is -1.31. The predicted octanol–water partition coefficient (Wildman–Crippen LogP) is 2.62. The zero-order valence-corrected chi connectivity index (χ0v) is 13.0. The number of rotatable bonds is 4. The van der Waals surface area contributed by atoms with E-state index < -0.39 is 15.5 Å². The number of sulfone groups is 1. The Labute approximate surface area is 126 Å². The van der Waals surface area contributed by atoms with Crippen LogP contribution in [-0.2, 0) is 26.0 Å². The van der Waals surface area contributed by atoms with Crippen molar-refractivity contribution in [3.8, 4) is 0 Å². The van der Waals surface area contributed by atoms with E-state index in [9.17, 15) is 12.8 Å². The molecule has 0 amide bonds. The highest BCUT2D eigenvalue weighted by atomic mass is 32.2. The van der Waals surface area contributed by atoms with Gasteiger partial charge in [0.1, 0.15) is 0 Å². The van der Waals surface area contributed by atoms with Gasteiger partial charge in [-0.2, -0.15) is 0 Å². The highest BCUT2D eigenvalue weighted by molar-refractivity contribution is 7.92. The fourth-order valence-electron chi connectivity index (χ4n) is 2.10. The molecule has 1 aromatic heterocycles. The minimum atomic E-state index is -3.44. The van der Waals surface area contributed by atoms with E-state index in [1.165, 1.54) is 0 Å². The summed E-state index contributed by atoms with van der Waals surface area (Å²) >= 11 is 1.12. The quantitative estimate of drug-likeness (QED) is 0.866. The van der Waals surface area contributed by atoms with Gasteiger partial charge in [-0.3, -0.25) is 0 Å². The number of aromatic nitrogens is 1. The lowest BCUT2D eigenvalue weighted by atomic mass is 9.93. The second kappa shape index (κ2) is 5.15. The second-order valence-corrected chi connectivity index (χ2v) is 8.19. The van der Waals surface area contributed by atoms with Crippen molar-refractivity contribution in [2.75, 3.05) is 13.2 Å². The third-order valence-corrected chi connectivity index (χ3v) is 6.49. The number of hydrogen-bond donors (Lipinski definition) is 0. The van der Waals surface area contributed by atoms with E-state index in [0.717, 1.165) is 11.3 Å². The first-order chi connectivity index (χ1) is 9.89. The molecule has 1 aliphatic heterocycles. The third kappa shape index (κ3) is 2.86. The number of ether oxygens (including phenoxy) is 1. The lowest BCUT2D eigenvalue weighted by Crippen LogP contribution is -2.42. The Bertz CT molecular complexity index is 749. The smallest absolute Gasteiger partial charge is 0.209 e. The van der Waals surface area contributed by atoms with Crippen molar-refractivity contribution in [3.63, 3.8) is 0 Å². The Morgan fingerprint density at radius 2 is 2.00 bits per heavy atom. The molecule has 1 fully saturated rings. The number of alkyl halides is 1. The second-order valence-electron chi connectivity index (χ2n) is 5.17. The third-order valence-electron chi connectivity index (χ3n) is 3.35. The van der Waals surface area contributed by atoms with E-state index >= 15 is 0 Å². The fraction of sp³-hybridized carbons (Fsp3) is 0.357. The highest BCUT2D eigenvalue weighted by Gasteiger charge is 2.40. The number of aryl methyl sites for hydroxylation is 1. The van der Waals surface area contributed by atoms with Crippen molar-refractivity contribution in [1.29, 1.82) is 0 Å². The molecule has 0 unspecified atom stereocenters.